The molecule has 0 aliphatic carbocycles. The van der Waals surface area contributed by atoms with Crippen LogP contribution in [0, 0.1) is 0 Å². The van der Waals surface area contributed by atoms with Gasteiger partial charge in [-0.15, -0.1) is 0 Å². The molecule has 12 atom stereocenters. The third kappa shape index (κ3) is 32.9. The number of rotatable bonds is 44. The van der Waals surface area contributed by atoms with Gasteiger partial charge < -0.3 is 65.1 Å². The fourth-order valence-corrected chi connectivity index (χ4v) is 8.70. The molecule has 0 radical (unpaired) electrons. The summed E-state index contributed by atoms with van der Waals surface area (Å²) in [4.78, 5) is 13.2. The van der Waals surface area contributed by atoms with E-state index in [4.69, 9.17) is 18.9 Å². The highest BCUT2D eigenvalue weighted by Crippen LogP contribution is 2.30. The summed E-state index contributed by atoms with van der Waals surface area (Å²) in [6.45, 7) is 2.61. The smallest absolute Gasteiger partial charge is 0.220 e. The van der Waals surface area contributed by atoms with Gasteiger partial charge in [0.25, 0.3) is 0 Å². The molecule has 2 fully saturated rings. The molecule has 438 valence electrons. The van der Waals surface area contributed by atoms with Crippen LogP contribution in [0.5, 0.6) is 0 Å². The Morgan fingerprint density at radius 2 is 0.896 bits per heavy atom. The number of aliphatic hydroxyl groups excluding tert-OH is 8. The normalized spacial score (nSPS) is 25.6. The van der Waals surface area contributed by atoms with Gasteiger partial charge in [-0.05, 0) is 83.5 Å². The first-order valence-electron chi connectivity index (χ1n) is 29.3. The van der Waals surface area contributed by atoms with Crippen LogP contribution in [-0.4, -0.2) is 140 Å². The van der Waals surface area contributed by atoms with E-state index in [-0.39, 0.29) is 18.9 Å². The lowest BCUT2D eigenvalue weighted by Crippen LogP contribution is -2.65. The van der Waals surface area contributed by atoms with Crippen molar-refractivity contribution in [3.63, 3.8) is 0 Å². The molecule has 0 aromatic carbocycles. The Bertz CT molecular complexity index is 1750. The minimum Gasteiger partial charge on any atom is -0.394 e. The molecule has 2 saturated heterocycles. The predicted molar refractivity (Wildman–Crippen MR) is 308 cm³/mol. The molecule has 12 unspecified atom stereocenters. The van der Waals surface area contributed by atoms with Crippen LogP contribution >= 0.6 is 0 Å². The molecule has 77 heavy (non-hydrogen) atoms. The number of carbonyl (C=O) groups is 1. The molecule has 2 rings (SSSR count). The second-order valence-corrected chi connectivity index (χ2v) is 20.0. The van der Waals surface area contributed by atoms with E-state index in [9.17, 15) is 45.6 Å². The first-order valence-corrected chi connectivity index (χ1v) is 29.3. The molecule has 14 nitrogen and oxygen atoms in total. The monoisotopic (exact) mass is 1080 g/mol. The first kappa shape index (κ1) is 69.5. The summed E-state index contributed by atoms with van der Waals surface area (Å²) in [6, 6.07) is -0.954. The Kier molecular flexibility index (Phi) is 42.6. The Labute approximate surface area is 463 Å². The molecular weight excluding hydrogens is 979 g/mol. The lowest BCUT2D eigenvalue weighted by Gasteiger charge is -2.46. The highest BCUT2D eigenvalue weighted by atomic mass is 16.7. The number of ether oxygens (including phenoxy) is 4. The van der Waals surface area contributed by atoms with Gasteiger partial charge in [0, 0.05) is 6.42 Å². The van der Waals surface area contributed by atoms with Crippen molar-refractivity contribution < 1.29 is 64.6 Å². The summed E-state index contributed by atoms with van der Waals surface area (Å²) in [5.74, 6) is -0.303. The Morgan fingerprint density at radius 3 is 1.36 bits per heavy atom. The number of nitrogens with one attached hydrogen (secondary N) is 1. The summed E-state index contributed by atoms with van der Waals surface area (Å²) >= 11 is 0. The third-order valence-corrected chi connectivity index (χ3v) is 13.4. The molecule has 2 heterocycles. The van der Waals surface area contributed by atoms with Gasteiger partial charge in [-0.2, -0.15) is 0 Å². The second kappa shape index (κ2) is 47.2. The maximum Gasteiger partial charge on any atom is 0.220 e. The average molecular weight is 1080 g/mol. The summed E-state index contributed by atoms with van der Waals surface area (Å²) in [5.41, 5.74) is 0. The quantitative estimate of drug-likeness (QED) is 0.0205. The number of aliphatic hydroxyl groups is 8. The summed E-state index contributed by atoms with van der Waals surface area (Å²) in [7, 11) is 0. The number of amides is 1. The molecule has 0 aromatic rings. The Balaban J connectivity index is 1.78. The van der Waals surface area contributed by atoms with E-state index in [1.54, 1.807) is 6.08 Å². The van der Waals surface area contributed by atoms with Crippen molar-refractivity contribution >= 4 is 5.91 Å². The average Bonchev–Trinajstić information content (AvgIpc) is 3.43. The number of unbranched alkanes of at least 4 members (excludes halogenated alkanes) is 13. The van der Waals surface area contributed by atoms with Crippen LogP contribution in [0.1, 0.15) is 174 Å². The topological polar surface area (TPSA) is 228 Å². The number of carbonyl (C=O) groups excluding carboxylic acids is 1. The van der Waals surface area contributed by atoms with Crippen molar-refractivity contribution in [3.8, 4) is 0 Å². The van der Waals surface area contributed by atoms with Crippen LogP contribution in [0.3, 0.4) is 0 Å². The second-order valence-electron chi connectivity index (χ2n) is 20.0. The van der Waals surface area contributed by atoms with Crippen LogP contribution in [0.4, 0.5) is 0 Å². The van der Waals surface area contributed by atoms with Crippen molar-refractivity contribution in [1.82, 2.24) is 5.32 Å². The van der Waals surface area contributed by atoms with Gasteiger partial charge in [0.15, 0.2) is 12.6 Å². The summed E-state index contributed by atoms with van der Waals surface area (Å²) < 4.78 is 22.7. The lowest BCUT2D eigenvalue weighted by atomic mass is 9.97. The highest BCUT2D eigenvalue weighted by molar-refractivity contribution is 5.76. The fraction of sp³-hybridized carbons (Fsp3) is 0.667. The van der Waals surface area contributed by atoms with E-state index in [1.807, 2.05) is 12.2 Å². The third-order valence-electron chi connectivity index (χ3n) is 13.4. The van der Waals surface area contributed by atoms with E-state index in [1.165, 1.54) is 57.8 Å². The molecule has 0 aromatic heterocycles. The lowest BCUT2D eigenvalue weighted by molar-refractivity contribution is -0.359. The molecule has 2 aliphatic rings. The van der Waals surface area contributed by atoms with Crippen LogP contribution in [0.2, 0.25) is 0 Å². The zero-order valence-electron chi connectivity index (χ0n) is 46.9. The Morgan fingerprint density at radius 1 is 0.481 bits per heavy atom. The first-order chi connectivity index (χ1) is 37.6. The van der Waals surface area contributed by atoms with Crippen LogP contribution < -0.4 is 5.32 Å². The molecule has 2 aliphatic heterocycles. The molecule has 0 bridgehead atoms. The standard InChI is InChI=1S/C63H103NO13/c1-3-5-7-9-11-13-15-17-19-20-21-22-23-24-25-26-27-28-29-30-31-32-33-35-37-39-41-43-45-47-55(68)64-51(52(67)46-44-42-40-38-36-34-18-16-14-12-10-8-6-4-2)50-74-62-60(73)58(71)61(54(49-66)76-62)77-63-59(72)57(70)56(69)53(48-65)75-63/h5,7,11,13,17,19,21-22,24-25,27-28,30-31,33,35,39,41,44,46,51-54,56-63,65-67,69-73H,3-4,6,8-10,12,14-16,18,20,23,26,29,32,34,36-38,40,42-43,45,47-50H2,1-2H3,(H,64,68)/b7-5-,13-11-,19-17-,22-21-,25-24-,28-27-,31-30-,35-33-,41-39-,46-44+. The zero-order chi connectivity index (χ0) is 56.0. The van der Waals surface area contributed by atoms with Gasteiger partial charge in [0.05, 0.1) is 32.0 Å². The minimum absolute atomic E-state index is 0.193. The van der Waals surface area contributed by atoms with Crippen molar-refractivity contribution in [3.05, 3.63) is 122 Å². The van der Waals surface area contributed by atoms with Crippen LogP contribution in [0.25, 0.3) is 0 Å². The maximum absolute atomic E-state index is 13.2. The number of hydrogen-bond donors (Lipinski definition) is 9. The highest BCUT2D eigenvalue weighted by Gasteiger charge is 2.51. The number of hydrogen-bond acceptors (Lipinski definition) is 13. The molecule has 0 saturated carbocycles. The van der Waals surface area contributed by atoms with Crippen LogP contribution in [0.15, 0.2) is 122 Å². The SMILES string of the molecule is CC/C=C\C/C=C\C/C=C\C/C=C\C/C=C\C/C=C\C/C=C\C/C=C\C/C=C\CCCC(=O)NC(COC1OC(CO)C(OC2OC(CO)C(O)C(O)C2O)C(O)C1O)C(O)/C=C/CCCCCCCCCCCCCC. The van der Waals surface area contributed by atoms with Crippen molar-refractivity contribution in [2.75, 3.05) is 19.8 Å². The fourth-order valence-electron chi connectivity index (χ4n) is 8.70. The van der Waals surface area contributed by atoms with E-state index in [2.05, 4.69) is 122 Å². The van der Waals surface area contributed by atoms with Gasteiger partial charge >= 0.3 is 0 Å². The van der Waals surface area contributed by atoms with E-state index in [0.717, 1.165) is 83.5 Å². The van der Waals surface area contributed by atoms with Gasteiger partial charge in [-0.3, -0.25) is 4.79 Å². The van der Waals surface area contributed by atoms with Gasteiger partial charge in [0.1, 0.15) is 48.8 Å². The Hall–Kier alpha value is -3.61. The van der Waals surface area contributed by atoms with E-state index >= 15 is 0 Å². The zero-order valence-corrected chi connectivity index (χ0v) is 46.9. The van der Waals surface area contributed by atoms with Gasteiger partial charge in [0.2, 0.25) is 5.91 Å². The van der Waals surface area contributed by atoms with Crippen LogP contribution in [-0.2, 0) is 23.7 Å². The van der Waals surface area contributed by atoms with Crippen molar-refractivity contribution in [2.24, 2.45) is 0 Å². The molecular formula is C63H103NO13. The molecule has 14 heteroatoms. The molecule has 9 N–H and O–H groups in total. The number of allylic oxidation sites excluding steroid dienone is 19. The maximum atomic E-state index is 13.2. The predicted octanol–water partition coefficient (Wildman–Crippen LogP) is 9.83. The van der Waals surface area contributed by atoms with Crippen molar-refractivity contribution in [1.29, 1.82) is 0 Å². The summed E-state index contributed by atoms with van der Waals surface area (Å²) in [5, 5.41) is 86.9. The van der Waals surface area contributed by atoms with Gasteiger partial charge in [-0.1, -0.05) is 206 Å². The molecule has 0 spiro atoms. The largest absolute Gasteiger partial charge is 0.394 e. The van der Waals surface area contributed by atoms with E-state index < -0.39 is 86.8 Å². The van der Waals surface area contributed by atoms with E-state index in [0.29, 0.717) is 12.8 Å². The minimum atomic E-state index is -1.80. The van der Waals surface area contributed by atoms with Gasteiger partial charge in [-0.25, -0.2) is 0 Å². The molecule has 1 amide bonds. The van der Waals surface area contributed by atoms with Crippen molar-refractivity contribution in [2.45, 2.75) is 248 Å². The summed E-state index contributed by atoms with van der Waals surface area (Å²) in [6.07, 6.45) is 51.0.